The maximum atomic E-state index is 11.4. The summed E-state index contributed by atoms with van der Waals surface area (Å²) in [5.74, 6) is 1.39. The van der Waals surface area contributed by atoms with E-state index in [4.69, 9.17) is 11.6 Å². The number of carbonyl (C=O) groups is 1. The van der Waals surface area contributed by atoms with Crippen LogP contribution < -0.4 is 4.90 Å². The first-order valence-corrected chi connectivity index (χ1v) is 7.35. The van der Waals surface area contributed by atoms with Crippen molar-refractivity contribution in [1.29, 1.82) is 0 Å². The van der Waals surface area contributed by atoms with Crippen LogP contribution in [0.2, 0.25) is 5.02 Å². The lowest BCUT2D eigenvalue weighted by Gasteiger charge is -2.42. The molecule has 2 rings (SSSR count). The summed E-state index contributed by atoms with van der Waals surface area (Å²) in [6.45, 7) is 9.47. The van der Waals surface area contributed by atoms with Crippen molar-refractivity contribution >= 4 is 23.1 Å². The van der Waals surface area contributed by atoms with Crippen molar-refractivity contribution < 1.29 is 4.79 Å². The Bertz CT molecular complexity index is 486. The molecule has 0 N–H and O–H groups in total. The van der Waals surface area contributed by atoms with Gasteiger partial charge in [0.2, 0.25) is 0 Å². The van der Waals surface area contributed by atoms with E-state index in [2.05, 4.69) is 25.7 Å². The normalized spacial score (nSPS) is 27.4. The third-order valence-electron chi connectivity index (χ3n) is 4.26. The first kappa shape index (κ1) is 14.4. The van der Waals surface area contributed by atoms with E-state index in [1.807, 2.05) is 18.2 Å². The van der Waals surface area contributed by atoms with Gasteiger partial charge < -0.3 is 4.90 Å². The number of rotatable bonds is 2. The fourth-order valence-electron chi connectivity index (χ4n) is 3.02. The summed E-state index contributed by atoms with van der Waals surface area (Å²) in [6, 6.07) is 6.30. The second kappa shape index (κ2) is 5.54. The Morgan fingerprint density at radius 1 is 1.32 bits per heavy atom. The van der Waals surface area contributed by atoms with E-state index in [-0.39, 0.29) is 5.78 Å². The molecule has 0 bridgehead atoms. The molecular formula is C16H22ClNO. The average Bonchev–Trinajstić information content (AvgIpc) is 2.33. The van der Waals surface area contributed by atoms with E-state index in [1.165, 1.54) is 6.42 Å². The molecule has 0 amide bonds. The molecule has 1 aromatic carbocycles. The van der Waals surface area contributed by atoms with Crippen molar-refractivity contribution in [2.24, 2.45) is 11.8 Å². The zero-order valence-electron chi connectivity index (χ0n) is 12.1. The number of anilines is 1. The molecule has 19 heavy (non-hydrogen) atoms. The summed E-state index contributed by atoms with van der Waals surface area (Å²) in [6.07, 6.45) is 1.27. The number of halogens is 1. The molecule has 1 heterocycles. The first-order valence-electron chi connectivity index (χ1n) is 6.97. The molecule has 1 saturated heterocycles. The third kappa shape index (κ3) is 2.94. The van der Waals surface area contributed by atoms with Gasteiger partial charge in [0, 0.05) is 23.8 Å². The minimum atomic E-state index is 0.0185. The van der Waals surface area contributed by atoms with Crippen molar-refractivity contribution in [1.82, 2.24) is 0 Å². The fraction of sp³-hybridized carbons (Fsp3) is 0.562. The van der Waals surface area contributed by atoms with Gasteiger partial charge in [-0.05, 0) is 50.3 Å². The molecule has 0 spiro atoms. The lowest BCUT2D eigenvalue weighted by molar-refractivity contribution is 0.101. The van der Waals surface area contributed by atoms with Gasteiger partial charge in [0.25, 0.3) is 0 Å². The van der Waals surface area contributed by atoms with Crippen LogP contribution in [0.25, 0.3) is 0 Å². The van der Waals surface area contributed by atoms with Gasteiger partial charge in [-0.3, -0.25) is 4.79 Å². The van der Waals surface area contributed by atoms with Crippen molar-refractivity contribution in [3.63, 3.8) is 0 Å². The molecule has 1 aliphatic rings. The zero-order valence-corrected chi connectivity index (χ0v) is 12.9. The molecule has 1 fully saturated rings. The van der Waals surface area contributed by atoms with Crippen LogP contribution in [0.4, 0.5) is 5.69 Å². The molecule has 3 atom stereocenters. The van der Waals surface area contributed by atoms with E-state index < -0.39 is 0 Å². The van der Waals surface area contributed by atoms with Crippen LogP contribution >= 0.6 is 11.6 Å². The topological polar surface area (TPSA) is 20.3 Å². The fourth-order valence-corrected chi connectivity index (χ4v) is 3.33. The van der Waals surface area contributed by atoms with Crippen molar-refractivity contribution in [2.75, 3.05) is 11.4 Å². The Balaban J connectivity index is 2.31. The number of piperidine rings is 1. The number of hydrogen-bond acceptors (Lipinski definition) is 2. The molecule has 104 valence electrons. The second-order valence-electron chi connectivity index (χ2n) is 5.93. The smallest absolute Gasteiger partial charge is 0.161 e. The lowest BCUT2D eigenvalue weighted by Crippen LogP contribution is -2.45. The van der Waals surface area contributed by atoms with Crippen molar-refractivity contribution in [3.8, 4) is 0 Å². The Morgan fingerprint density at radius 3 is 2.58 bits per heavy atom. The molecule has 2 nitrogen and oxygen atoms in total. The largest absolute Gasteiger partial charge is 0.368 e. The Hall–Kier alpha value is -1.02. The number of carbonyl (C=O) groups excluding carboxylic acids is 1. The van der Waals surface area contributed by atoms with Gasteiger partial charge in [-0.1, -0.05) is 25.4 Å². The van der Waals surface area contributed by atoms with E-state index in [0.717, 1.165) is 12.2 Å². The monoisotopic (exact) mass is 279 g/mol. The second-order valence-corrected chi connectivity index (χ2v) is 6.34. The summed E-state index contributed by atoms with van der Waals surface area (Å²) in [5.41, 5.74) is 1.73. The summed E-state index contributed by atoms with van der Waals surface area (Å²) < 4.78 is 0. The molecule has 1 aliphatic heterocycles. The third-order valence-corrected chi connectivity index (χ3v) is 4.57. The van der Waals surface area contributed by atoms with Gasteiger partial charge in [0.15, 0.2) is 5.78 Å². The Kier molecular flexibility index (Phi) is 4.19. The van der Waals surface area contributed by atoms with Crippen LogP contribution in [0.3, 0.4) is 0 Å². The molecular weight excluding hydrogens is 258 g/mol. The number of ketones is 1. The van der Waals surface area contributed by atoms with Gasteiger partial charge in [-0.2, -0.15) is 0 Å². The van der Waals surface area contributed by atoms with Gasteiger partial charge in [-0.25, -0.2) is 0 Å². The Morgan fingerprint density at radius 2 is 2.00 bits per heavy atom. The maximum Gasteiger partial charge on any atom is 0.161 e. The quantitative estimate of drug-likeness (QED) is 0.747. The molecule has 0 aromatic heterocycles. The molecule has 3 heteroatoms. The van der Waals surface area contributed by atoms with Gasteiger partial charge >= 0.3 is 0 Å². The summed E-state index contributed by atoms with van der Waals surface area (Å²) in [7, 11) is 0. The highest BCUT2D eigenvalue weighted by atomic mass is 35.5. The van der Waals surface area contributed by atoms with Crippen LogP contribution in [0, 0.1) is 11.8 Å². The van der Waals surface area contributed by atoms with Crippen molar-refractivity contribution in [3.05, 3.63) is 28.8 Å². The minimum absolute atomic E-state index is 0.0185. The van der Waals surface area contributed by atoms with Crippen LogP contribution in [0.5, 0.6) is 0 Å². The zero-order chi connectivity index (χ0) is 14.2. The van der Waals surface area contributed by atoms with Crippen LogP contribution in [-0.4, -0.2) is 18.4 Å². The van der Waals surface area contributed by atoms with E-state index in [1.54, 1.807) is 6.92 Å². The molecule has 0 aliphatic carbocycles. The van der Waals surface area contributed by atoms with Gasteiger partial charge in [0.1, 0.15) is 0 Å². The first-order chi connectivity index (χ1) is 8.90. The van der Waals surface area contributed by atoms with Crippen molar-refractivity contribution in [2.45, 2.75) is 40.2 Å². The minimum Gasteiger partial charge on any atom is -0.368 e. The molecule has 1 aromatic rings. The summed E-state index contributed by atoms with van der Waals surface area (Å²) >= 11 is 6.22. The van der Waals surface area contributed by atoms with Gasteiger partial charge in [-0.15, -0.1) is 0 Å². The maximum absolute atomic E-state index is 11.4. The highest BCUT2D eigenvalue weighted by Crippen LogP contribution is 2.33. The molecule has 3 unspecified atom stereocenters. The molecule has 0 radical (unpaired) electrons. The van der Waals surface area contributed by atoms with E-state index >= 15 is 0 Å². The standard InChI is InChI=1S/C16H22ClNO/c1-10-7-11(2)12(3)18(9-10)14-5-6-15(13(4)19)16(17)8-14/h5-6,8,10-12H,7,9H2,1-4H3. The highest BCUT2D eigenvalue weighted by molar-refractivity contribution is 6.34. The highest BCUT2D eigenvalue weighted by Gasteiger charge is 2.29. The SMILES string of the molecule is CC(=O)c1ccc(N2CC(C)CC(C)C2C)cc1Cl. The molecule has 0 saturated carbocycles. The lowest BCUT2D eigenvalue weighted by atomic mass is 9.85. The predicted molar refractivity (Wildman–Crippen MR) is 81.2 cm³/mol. The number of Topliss-reactive ketones (excluding diaryl/α,β-unsaturated/α-hetero) is 1. The Labute approximate surface area is 120 Å². The number of benzene rings is 1. The van der Waals surface area contributed by atoms with Crippen LogP contribution in [0.15, 0.2) is 18.2 Å². The predicted octanol–water partition coefficient (Wildman–Crippen LogP) is 4.41. The van der Waals surface area contributed by atoms with E-state index in [0.29, 0.717) is 28.5 Å². The van der Waals surface area contributed by atoms with Crippen LogP contribution in [-0.2, 0) is 0 Å². The number of nitrogens with zero attached hydrogens (tertiary/aromatic N) is 1. The summed E-state index contributed by atoms with van der Waals surface area (Å²) in [4.78, 5) is 13.8. The van der Waals surface area contributed by atoms with Crippen LogP contribution in [0.1, 0.15) is 44.5 Å². The average molecular weight is 280 g/mol. The number of hydrogen-bond donors (Lipinski definition) is 0. The summed E-state index contributed by atoms with van der Waals surface area (Å²) in [5, 5.41) is 0.558. The van der Waals surface area contributed by atoms with Gasteiger partial charge in [0.05, 0.1) is 5.02 Å². The van der Waals surface area contributed by atoms with E-state index in [9.17, 15) is 4.79 Å².